The SMILES string of the molecule is Cc1cccc(-c2nc(CC(=O)N3C[C@@H]4CCC[C@@]4(C(=O)O)C3)cs2)c1. The monoisotopic (exact) mass is 370 g/mol. The van der Waals surface area contributed by atoms with Crippen LogP contribution in [0.25, 0.3) is 10.6 Å². The maximum absolute atomic E-state index is 12.7. The van der Waals surface area contributed by atoms with Crippen LogP contribution in [-0.2, 0) is 16.0 Å². The van der Waals surface area contributed by atoms with E-state index in [2.05, 4.69) is 11.1 Å². The van der Waals surface area contributed by atoms with Gasteiger partial charge in [-0.1, -0.05) is 30.2 Å². The fourth-order valence-electron chi connectivity index (χ4n) is 4.39. The van der Waals surface area contributed by atoms with E-state index in [9.17, 15) is 14.7 Å². The van der Waals surface area contributed by atoms with E-state index in [1.54, 1.807) is 16.2 Å². The van der Waals surface area contributed by atoms with Gasteiger partial charge in [0.2, 0.25) is 5.91 Å². The minimum atomic E-state index is -0.745. The molecule has 0 unspecified atom stereocenters. The number of fused-ring (bicyclic) bond motifs is 1. The molecule has 1 N–H and O–H groups in total. The Hall–Kier alpha value is -2.21. The Balaban J connectivity index is 1.46. The first kappa shape index (κ1) is 17.2. The number of carbonyl (C=O) groups is 2. The molecule has 1 saturated carbocycles. The van der Waals surface area contributed by atoms with Gasteiger partial charge in [-0.05, 0) is 31.7 Å². The number of aliphatic carboxylic acids is 1. The number of aromatic nitrogens is 1. The number of benzene rings is 1. The van der Waals surface area contributed by atoms with E-state index in [0.29, 0.717) is 19.5 Å². The van der Waals surface area contributed by atoms with Gasteiger partial charge in [0.1, 0.15) is 5.01 Å². The molecule has 2 fully saturated rings. The van der Waals surface area contributed by atoms with Crippen LogP contribution in [0.3, 0.4) is 0 Å². The van der Waals surface area contributed by atoms with Gasteiger partial charge in [-0.15, -0.1) is 11.3 Å². The zero-order chi connectivity index (χ0) is 18.3. The topological polar surface area (TPSA) is 70.5 Å². The highest BCUT2D eigenvalue weighted by atomic mass is 32.1. The van der Waals surface area contributed by atoms with E-state index in [1.165, 1.54) is 5.56 Å². The van der Waals surface area contributed by atoms with E-state index in [4.69, 9.17) is 0 Å². The summed E-state index contributed by atoms with van der Waals surface area (Å²) in [4.78, 5) is 30.8. The molecule has 26 heavy (non-hydrogen) atoms. The molecular formula is C20H22N2O3S. The van der Waals surface area contributed by atoms with Crippen LogP contribution in [0.4, 0.5) is 0 Å². The second-order valence-corrected chi connectivity index (χ2v) is 8.37. The fourth-order valence-corrected chi connectivity index (χ4v) is 5.21. The predicted molar refractivity (Wildman–Crippen MR) is 100.0 cm³/mol. The number of carboxylic acid groups (broad SMARTS) is 1. The lowest BCUT2D eigenvalue weighted by molar-refractivity contribution is -0.149. The maximum atomic E-state index is 12.7. The molecule has 5 nitrogen and oxygen atoms in total. The van der Waals surface area contributed by atoms with Crippen molar-refractivity contribution in [3.05, 3.63) is 40.9 Å². The van der Waals surface area contributed by atoms with E-state index < -0.39 is 11.4 Å². The fraction of sp³-hybridized carbons (Fsp3) is 0.450. The first-order chi connectivity index (χ1) is 12.5. The second kappa shape index (κ2) is 6.50. The van der Waals surface area contributed by atoms with Crippen molar-refractivity contribution in [2.75, 3.05) is 13.1 Å². The molecule has 1 aliphatic heterocycles. The van der Waals surface area contributed by atoms with Crippen molar-refractivity contribution in [3.8, 4) is 10.6 Å². The van der Waals surface area contributed by atoms with E-state index in [1.807, 2.05) is 30.5 Å². The molecule has 0 bridgehead atoms. The highest BCUT2D eigenvalue weighted by molar-refractivity contribution is 7.13. The number of likely N-dealkylation sites (tertiary alicyclic amines) is 1. The summed E-state index contributed by atoms with van der Waals surface area (Å²) in [6.07, 6.45) is 2.78. The van der Waals surface area contributed by atoms with Crippen LogP contribution in [0.15, 0.2) is 29.6 Å². The number of rotatable bonds is 4. The van der Waals surface area contributed by atoms with Gasteiger partial charge in [0.05, 0.1) is 17.5 Å². The molecule has 1 aliphatic carbocycles. The smallest absolute Gasteiger partial charge is 0.311 e. The molecule has 1 aromatic carbocycles. The van der Waals surface area contributed by atoms with Crippen molar-refractivity contribution in [1.29, 1.82) is 0 Å². The molecule has 1 saturated heterocycles. The zero-order valence-electron chi connectivity index (χ0n) is 14.8. The Labute approximate surface area is 156 Å². The third kappa shape index (κ3) is 2.92. The van der Waals surface area contributed by atoms with Crippen LogP contribution in [0.2, 0.25) is 0 Å². The summed E-state index contributed by atoms with van der Waals surface area (Å²) in [5.41, 5.74) is 2.29. The first-order valence-electron chi connectivity index (χ1n) is 9.00. The van der Waals surface area contributed by atoms with Gasteiger partial charge in [-0.2, -0.15) is 0 Å². The molecule has 0 radical (unpaired) electrons. The lowest BCUT2D eigenvalue weighted by Crippen LogP contribution is -2.37. The Morgan fingerprint density at radius 2 is 2.27 bits per heavy atom. The van der Waals surface area contributed by atoms with Gasteiger partial charge in [0.15, 0.2) is 0 Å². The van der Waals surface area contributed by atoms with Crippen LogP contribution in [0.1, 0.15) is 30.5 Å². The van der Waals surface area contributed by atoms with Crippen LogP contribution in [0, 0.1) is 18.3 Å². The molecule has 0 spiro atoms. The minimum absolute atomic E-state index is 0.0129. The summed E-state index contributed by atoms with van der Waals surface area (Å²) in [7, 11) is 0. The first-order valence-corrected chi connectivity index (χ1v) is 9.88. The summed E-state index contributed by atoms with van der Waals surface area (Å²) >= 11 is 1.54. The average molecular weight is 370 g/mol. The van der Waals surface area contributed by atoms with Crippen molar-refractivity contribution >= 4 is 23.2 Å². The zero-order valence-corrected chi connectivity index (χ0v) is 15.6. The number of nitrogens with zero attached hydrogens (tertiary/aromatic N) is 2. The lowest BCUT2D eigenvalue weighted by atomic mass is 9.81. The highest BCUT2D eigenvalue weighted by Gasteiger charge is 2.55. The van der Waals surface area contributed by atoms with Crippen molar-refractivity contribution in [2.24, 2.45) is 11.3 Å². The molecule has 2 aromatic rings. The van der Waals surface area contributed by atoms with Crippen LogP contribution >= 0.6 is 11.3 Å². The van der Waals surface area contributed by atoms with Gasteiger partial charge < -0.3 is 10.0 Å². The Morgan fingerprint density at radius 3 is 3.00 bits per heavy atom. The van der Waals surface area contributed by atoms with Gasteiger partial charge in [-0.25, -0.2) is 4.98 Å². The van der Waals surface area contributed by atoms with Gasteiger partial charge in [0.25, 0.3) is 0 Å². The van der Waals surface area contributed by atoms with Gasteiger partial charge in [-0.3, -0.25) is 9.59 Å². The normalized spacial score (nSPS) is 24.7. The molecular weight excluding hydrogens is 348 g/mol. The third-order valence-corrected chi connectivity index (χ3v) is 6.74. The Bertz CT molecular complexity index is 862. The predicted octanol–water partition coefficient (Wildman–Crippen LogP) is 3.37. The molecule has 4 rings (SSSR count). The molecule has 2 heterocycles. The number of hydrogen-bond acceptors (Lipinski definition) is 4. The number of aryl methyl sites for hydroxylation is 1. The molecule has 2 aliphatic rings. The molecule has 136 valence electrons. The van der Waals surface area contributed by atoms with E-state index in [0.717, 1.165) is 29.1 Å². The van der Waals surface area contributed by atoms with E-state index in [-0.39, 0.29) is 18.2 Å². The summed E-state index contributed by atoms with van der Waals surface area (Å²) in [6, 6.07) is 8.16. The lowest BCUT2D eigenvalue weighted by Gasteiger charge is -2.23. The standard InChI is InChI=1S/C20H22N2O3S/c1-13-4-2-5-14(8-13)18-21-16(11-26-18)9-17(23)22-10-15-6-3-7-20(15,12-22)19(24)25/h2,4-5,8,11,15H,3,6-7,9-10,12H2,1H3,(H,24,25)/t15-,20+/m0/s1. The van der Waals surface area contributed by atoms with Gasteiger partial charge >= 0.3 is 5.97 Å². The summed E-state index contributed by atoms with van der Waals surface area (Å²) < 4.78 is 0. The average Bonchev–Trinajstić information content (AvgIpc) is 3.28. The Morgan fingerprint density at radius 1 is 1.42 bits per heavy atom. The number of hydrogen-bond donors (Lipinski definition) is 1. The summed E-state index contributed by atoms with van der Waals surface area (Å²) in [5.74, 6) is -0.658. The highest BCUT2D eigenvalue weighted by Crippen LogP contribution is 2.49. The van der Waals surface area contributed by atoms with Crippen LogP contribution < -0.4 is 0 Å². The van der Waals surface area contributed by atoms with E-state index >= 15 is 0 Å². The largest absolute Gasteiger partial charge is 0.481 e. The summed E-state index contributed by atoms with van der Waals surface area (Å²) in [6.45, 7) is 2.96. The van der Waals surface area contributed by atoms with Crippen molar-refractivity contribution in [2.45, 2.75) is 32.6 Å². The van der Waals surface area contributed by atoms with Crippen LogP contribution in [0.5, 0.6) is 0 Å². The Kier molecular flexibility index (Phi) is 4.31. The third-order valence-electron chi connectivity index (χ3n) is 5.80. The molecule has 2 atom stereocenters. The van der Waals surface area contributed by atoms with Crippen molar-refractivity contribution < 1.29 is 14.7 Å². The maximum Gasteiger partial charge on any atom is 0.311 e. The number of thiazole rings is 1. The minimum Gasteiger partial charge on any atom is -0.481 e. The number of carbonyl (C=O) groups excluding carboxylic acids is 1. The second-order valence-electron chi connectivity index (χ2n) is 7.51. The molecule has 6 heteroatoms. The number of carboxylic acids is 1. The number of amides is 1. The quantitative estimate of drug-likeness (QED) is 0.896. The van der Waals surface area contributed by atoms with Crippen LogP contribution in [-0.4, -0.2) is 40.0 Å². The summed E-state index contributed by atoms with van der Waals surface area (Å²) in [5, 5.41) is 12.5. The van der Waals surface area contributed by atoms with Crippen molar-refractivity contribution in [1.82, 2.24) is 9.88 Å². The van der Waals surface area contributed by atoms with Crippen molar-refractivity contribution in [3.63, 3.8) is 0 Å². The molecule has 1 aromatic heterocycles. The van der Waals surface area contributed by atoms with Gasteiger partial charge in [0, 0.05) is 24.0 Å². The molecule has 1 amide bonds.